The number of carbonyl (C=O) groups is 1. The van der Waals surface area contributed by atoms with E-state index in [0.29, 0.717) is 28.0 Å². The summed E-state index contributed by atoms with van der Waals surface area (Å²) >= 11 is 12.9. The normalized spacial score (nSPS) is 21.4. The summed E-state index contributed by atoms with van der Waals surface area (Å²) < 4.78 is 0. The number of hydrogen-bond acceptors (Lipinski definition) is 6. The Morgan fingerprint density at radius 1 is 1.07 bits per heavy atom. The summed E-state index contributed by atoms with van der Waals surface area (Å²) in [7, 11) is 0. The molecule has 2 atom stereocenters. The number of piperazine rings is 1. The zero-order valence-electron chi connectivity index (χ0n) is 24.3. The molecule has 3 fully saturated rings. The third kappa shape index (κ3) is 6.77. The molecule has 1 amide bonds. The lowest BCUT2D eigenvalue weighted by atomic mass is 9.94. The molecule has 2 N–H and O–H groups in total. The molecular weight excluding hydrogens is 569 g/mol. The zero-order chi connectivity index (χ0) is 29.1. The molecule has 0 unspecified atom stereocenters. The van der Waals surface area contributed by atoms with Crippen molar-refractivity contribution < 1.29 is 4.79 Å². The van der Waals surface area contributed by atoms with Crippen molar-refractivity contribution in [1.82, 2.24) is 30.1 Å². The first-order chi connectivity index (χ1) is 20.5. The van der Waals surface area contributed by atoms with Crippen molar-refractivity contribution in [2.75, 3.05) is 44.2 Å². The summed E-state index contributed by atoms with van der Waals surface area (Å²) in [6.45, 7) is 7.63. The number of aromatic nitrogens is 3. The Kier molecular flexibility index (Phi) is 9.34. The number of H-pyrrole nitrogens is 1. The molecule has 224 valence electrons. The minimum Gasteiger partial charge on any atom is -0.354 e. The number of piperidine rings is 1. The van der Waals surface area contributed by atoms with E-state index in [4.69, 9.17) is 28.2 Å². The Bertz CT molecular complexity index is 1320. The number of amides is 1. The minimum absolute atomic E-state index is 0.114. The second kappa shape index (κ2) is 13.3. The van der Waals surface area contributed by atoms with Crippen molar-refractivity contribution in [3.05, 3.63) is 64.5 Å². The Morgan fingerprint density at radius 2 is 1.86 bits per heavy atom. The molecule has 0 bridgehead atoms. The quantitative estimate of drug-likeness (QED) is 0.302. The second-order valence-corrected chi connectivity index (χ2v) is 12.8. The van der Waals surface area contributed by atoms with Gasteiger partial charge in [-0.25, -0.2) is 9.97 Å². The average Bonchev–Trinajstić information content (AvgIpc) is 3.68. The van der Waals surface area contributed by atoms with Crippen LogP contribution in [0.3, 0.4) is 0 Å². The Hall–Kier alpha value is -2.65. The van der Waals surface area contributed by atoms with Gasteiger partial charge in [0.1, 0.15) is 17.7 Å². The maximum absolute atomic E-state index is 13.4. The Morgan fingerprint density at radius 3 is 2.52 bits per heavy atom. The highest BCUT2D eigenvalue weighted by atomic mass is 35.5. The van der Waals surface area contributed by atoms with Crippen LogP contribution < -0.4 is 10.2 Å². The van der Waals surface area contributed by atoms with Crippen molar-refractivity contribution in [3.8, 4) is 11.4 Å². The number of pyridine rings is 1. The minimum atomic E-state index is -0.275. The number of carbonyl (C=O) groups excluding carboxylic acids is 1. The maximum atomic E-state index is 13.4. The fourth-order valence-electron chi connectivity index (χ4n) is 6.66. The van der Waals surface area contributed by atoms with Crippen LogP contribution in [-0.2, 0) is 4.79 Å². The van der Waals surface area contributed by atoms with Crippen molar-refractivity contribution in [2.24, 2.45) is 5.92 Å². The third-order valence-corrected chi connectivity index (χ3v) is 9.60. The topological polar surface area (TPSA) is 80.4 Å². The highest BCUT2D eigenvalue weighted by Gasteiger charge is 2.37. The van der Waals surface area contributed by atoms with Gasteiger partial charge in [0.25, 0.3) is 0 Å². The van der Waals surface area contributed by atoms with E-state index in [9.17, 15) is 4.79 Å². The van der Waals surface area contributed by atoms with E-state index >= 15 is 0 Å². The summed E-state index contributed by atoms with van der Waals surface area (Å²) in [5.74, 6) is 2.39. The van der Waals surface area contributed by atoms with Crippen molar-refractivity contribution in [1.29, 1.82) is 0 Å². The van der Waals surface area contributed by atoms with Gasteiger partial charge < -0.3 is 15.2 Å². The van der Waals surface area contributed by atoms with E-state index in [-0.39, 0.29) is 11.9 Å². The summed E-state index contributed by atoms with van der Waals surface area (Å²) in [5.41, 5.74) is 1.91. The standard InChI is InChI=1S/C32H41Cl2N7O/c1-2-3-27-21-40(31-28(34)18-24(20-37-31)30-35-12-13-36-30)16-17-41(27)26-10-14-39(15-11-26)29(23-6-8-25(33)9-7-23)32(42)38-19-22-4-5-22/h6-9,12-13,18,20,22,26-27,29H,2-5,10-11,14-17,19,21H2,1H3,(H,35,36)(H,38,42)/t27-,29-/m0/s1. The van der Waals surface area contributed by atoms with Crippen molar-refractivity contribution in [3.63, 3.8) is 0 Å². The van der Waals surface area contributed by atoms with Crippen LogP contribution in [0.1, 0.15) is 57.1 Å². The molecule has 1 aliphatic carbocycles. The molecular formula is C32H41Cl2N7O. The van der Waals surface area contributed by atoms with Gasteiger partial charge in [-0.15, -0.1) is 0 Å². The van der Waals surface area contributed by atoms with Crippen LogP contribution >= 0.6 is 23.2 Å². The molecule has 2 aromatic heterocycles. The summed E-state index contributed by atoms with van der Waals surface area (Å²) in [4.78, 5) is 33.1. The van der Waals surface area contributed by atoms with Crippen LogP contribution in [0, 0.1) is 5.92 Å². The fraction of sp³-hybridized carbons (Fsp3) is 0.531. The van der Waals surface area contributed by atoms with Crippen LogP contribution in [0.25, 0.3) is 11.4 Å². The van der Waals surface area contributed by atoms with Gasteiger partial charge in [0, 0.05) is 80.5 Å². The van der Waals surface area contributed by atoms with Crippen molar-refractivity contribution >= 4 is 34.9 Å². The summed E-state index contributed by atoms with van der Waals surface area (Å²) in [6.07, 6.45) is 12.2. The molecule has 2 saturated heterocycles. The lowest BCUT2D eigenvalue weighted by molar-refractivity contribution is -0.127. The SMILES string of the molecule is CCC[C@H]1CN(c2ncc(-c3ncc[nH]3)cc2Cl)CCN1C1CCN([C@H](C(=O)NCC2CC2)c2ccc(Cl)cc2)CC1. The van der Waals surface area contributed by atoms with Gasteiger partial charge in [-0.2, -0.15) is 0 Å². The number of nitrogens with zero attached hydrogens (tertiary/aromatic N) is 5. The average molecular weight is 611 g/mol. The number of nitrogens with one attached hydrogen (secondary N) is 2. The zero-order valence-corrected chi connectivity index (χ0v) is 25.8. The molecule has 2 aliphatic heterocycles. The predicted octanol–water partition coefficient (Wildman–Crippen LogP) is 5.80. The fourth-order valence-corrected chi connectivity index (χ4v) is 7.07. The van der Waals surface area contributed by atoms with Crippen molar-refractivity contribution in [2.45, 2.75) is 63.6 Å². The molecule has 8 nitrogen and oxygen atoms in total. The molecule has 1 aromatic carbocycles. The van der Waals surface area contributed by atoms with Gasteiger partial charge in [0.2, 0.25) is 5.91 Å². The van der Waals surface area contributed by atoms with Crippen LogP contribution in [0.4, 0.5) is 5.82 Å². The molecule has 3 aromatic rings. The van der Waals surface area contributed by atoms with Gasteiger partial charge in [-0.1, -0.05) is 48.7 Å². The first kappa shape index (κ1) is 29.4. The number of benzene rings is 1. The second-order valence-electron chi connectivity index (χ2n) is 12.0. The van der Waals surface area contributed by atoms with Crippen LogP contribution in [0.2, 0.25) is 10.0 Å². The molecule has 6 rings (SSSR count). The molecule has 1 saturated carbocycles. The summed E-state index contributed by atoms with van der Waals surface area (Å²) in [6, 6.07) is 10.4. The molecule has 42 heavy (non-hydrogen) atoms. The third-order valence-electron chi connectivity index (χ3n) is 9.07. The maximum Gasteiger partial charge on any atom is 0.241 e. The molecule has 4 heterocycles. The number of aromatic amines is 1. The predicted molar refractivity (Wildman–Crippen MR) is 169 cm³/mol. The van der Waals surface area contributed by atoms with E-state index in [0.717, 1.165) is 87.7 Å². The Labute approximate surface area is 258 Å². The number of imidazole rings is 1. The Balaban J connectivity index is 1.11. The highest BCUT2D eigenvalue weighted by molar-refractivity contribution is 6.33. The molecule has 0 spiro atoms. The molecule has 3 aliphatic rings. The van der Waals surface area contributed by atoms with E-state index < -0.39 is 0 Å². The van der Waals surface area contributed by atoms with Gasteiger partial charge in [-0.3, -0.25) is 14.6 Å². The molecule has 0 radical (unpaired) electrons. The van der Waals surface area contributed by atoms with Crippen LogP contribution in [0.15, 0.2) is 48.9 Å². The summed E-state index contributed by atoms with van der Waals surface area (Å²) in [5, 5.41) is 4.59. The van der Waals surface area contributed by atoms with E-state index in [1.165, 1.54) is 12.8 Å². The van der Waals surface area contributed by atoms with Gasteiger partial charge in [-0.05, 0) is 61.8 Å². The van der Waals surface area contributed by atoms with Gasteiger partial charge >= 0.3 is 0 Å². The van der Waals surface area contributed by atoms with Gasteiger partial charge in [0.05, 0.1) is 5.02 Å². The number of likely N-dealkylation sites (tertiary alicyclic amines) is 1. The van der Waals surface area contributed by atoms with Crippen LogP contribution in [0.5, 0.6) is 0 Å². The van der Waals surface area contributed by atoms with E-state index in [2.05, 4.69) is 36.9 Å². The lowest BCUT2D eigenvalue weighted by Gasteiger charge is -2.48. The first-order valence-electron chi connectivity index (χ1n) is 15.4. The van der Waals surface area contributed by atoms with Gasteiger partial charge in [0.15, 0.2) is 0 Å². The number of halogens is 2. The number of anilines is 1. The number of hydrogen-bond donors (Lipinski definition) is 2. The van der Waals surface area contributed by atoms with E-state index in [1.54, 1.807) is 12.4 Å². The highest BCUT2D eigenvalue weighted by Crippen LogP contribution is 2.34. The molecule has 10 heteroatoms. The largest absolute Gasteiger partial charge is 0.354 e. The lowest BCUT2D eigenvalue weighted by Crippen LogP contribution is -2.59. The number of rotatable bonds is 10. The van der Waals surface area contributed by atoms with E-state index in [1.807, 2.05) is 36.5 Å². The smallest absolute Gasteiger partial charge is 0.241 e. The first-order valence-corrected chi connectivity index (χ1v) is 16.2. The van der Waals surface area contributed by atoms with Crippen LogP contribution in [-0.4, -0.2) is 82.0 Å². The monoisotopic (exact) mass is 609 g/mol.